The largest absolute Gasteiger partial charge is 0.465 e. The average Bonchev–Trinajstić information content (AvgIpc) is 2.53. The van der Waals surface area contributed by atoms with Crippen LogP contribution in [-0.4, -0.2) is 31.7 Å². The van der Waals surface area contributed by atoms with E-state index < -0.39 is 6.10 Å². The first-order valence-electron chi connectivity index (χ1n) is 6.39. The lowest BCUT2D eigenvalue weighted by Gasteiger charge is -2.28. The smallest absolute Gasteiger partial charge is 0.337 e. The fraction of sp³-hybridized carbons (Fsp3) is 0.429. The highest BCUT2D eigenvalue weighted by atomic mass is 32.1. The van der Waals surface area contributed by atoms with Gasteiger partial charge >= 0.3 is 5.97 Å². The molecule has 1 amide bonds. The Bertz CT molecular complexity index is 488. The summed E-state index contributed by atoms with van der Waals surface area (Å²) in [6, 6.07) is 7.28. The van der Waals surface area contributed by atoms with Crippen LogP contribution < -0.4 is 4.72 Å². The summed E-state index contributed by atoms with van der Waals surface area (Å²) in [7, 11) is 1.36. The van der Waals surface area contributed by atoms with E-state index in [0.29, 0.717) is 18.6 Å². The minimum absolute atomic E-state index is 0.218. The van der Waals surface area contributed by atoms with Crippen LogP contribution in [0.15, 0.2) is 24.3 Å². The van der Waals surface area contributed by atoms with Gasteiger partial charge in [0.25, 0.3) is 5.91 Å². The van der Waals surface area contributed by atoms with E-state index in [1.165, 1.54) is 7.11 Å². The van der Waals surface area contributed by atoms with Crippen molar-refractivity contribution in [1.29, 1.82) is 0 Å². The lowest BCUT2D eigenvalue weighted by Crippen LogP contribution is -2.36. The van der Waals surface area contributed by atoms with Gasteiger partial charge in [0.05, 0.1) is 12.7 Å². The Morgan fingerprint density at radius 3 is 2.65 bits per heavy atom. The highest BCUT2D eigenvalue weighted by molar-refractivity contribution is 7.78. The average molecular weight is 295 g/mol. The number of carbonyl (C=O) groups is 2. The Morgan fingerprint density at radius 2 is 2.05 bits per heavy atom. The van der Waals surface area contributed by atoms with Gasteiger partial charge in [0, 0.05) is 6.61 Å². The molecular formula is C14H17NO4S. The summed E-state index contributed by atoms with van der Waals surface area (Å²) in [5.74, 6) is -0.328. The molecule has 1 aliphatic rings. The minimum atomic E-state index is -0.466. The summed E-state index contributed by atoms with van der Waals surface area (Å²) in [5.41, 5.74) is 1.62. The second kappa shape index (κ2) is 6.76. The molecule has 0 radical (unpaired) electrons. The number of esters is 1. The number of methoxy groups -OCH3 is 1. The molecule has 20 heavy (non-hydrogen) atoms. The van der Waals surface area contributed by atoms with Crippen molar-refractivity contribution in [1.82, 2.24) is 4.72 Å². The van der Waals surface area contributed by atoms with Crippen LogP contribution >= 0.6 is 12.8 Å². The Morgan fingerprint density at radius 1 is 1.35 bits per heavy atom. The van der Waals surface area contributed by atoms with E-state index in [-0.39, 0.29) is 17.8 Å². The molecule has 108 valence electrons. The molecule has 1 heterocycles. The molecule has 0 saturated carbocycles. The summed E-state index contributed by atoms with van der Waals surface area (Å²) < 4.78 is 12.4. The number of nitrogens with one attached hydrogen (secondary N) is 1. The minimum Gasteiger partial charge on any atom is -0.465 e. The SMILES string of the molecule is COC(=O)c1ccc(C2CCOC(C(=O)NS)C2)cc1. The zero-order valence-electron chi connectivity index (χ0n) is 11.2. The van der Waals surface area contributed by atoms with E-state index in [1.54, 1.807) is 12.1 Å². The van der Waals surface area contributed by atoms with E-state index in [4.69, 9.17) is 4.74 Å². The molecule has 5 nitrogen and oxygen atoms in total. The topological polar surface area (TPSA) is 64.6 Å². The van der Waals surface area contributed by atoms with Gasteiger partial charge in [-0.2, -0.15) is 0 Å². The Balaban J connectivity index is 2.07. The lowest BCUT2D eigenvalue weighted by atomic mass is 9.88. The van der Waals surface area contributed by atoms with Gasteiger partial charge in [0.2, 0.25) is 0 Å². The molecule has 2 rings (SSSR count). The van der Waals surface area contributed by atoms with Crippen molar-refractivity contribution in [3.05, 3.63) is 35.4 Å². The Hall–Kier alpha value is -1.53. The van der Waals surface area contributed by atoms with Gasteiger partial charge in [-0.3, -0.25) is 4.79 Å². The highest BCUT2D eigenvalue weighted by Gasteiger charge is 2.28. The van der Waals surface area contributed by atoms with Crippen molar-refractivity contribution in [3.63, 3.8) is 0 Å². The monoisotopic (exact) mass is 295 g/mol. The molecule has 1 aliphatic heterocycles. The highest BCUT2D eigenvalue weighted by Crippen LogP contribution is 2.30. The second-order valence-corrected chi connectivity index (χ2v) is 4.89. The van der Waals surface area contributed by atoms with Crippen molar-refractivity contribution in [2.75, 3.05) is 13.7 Å². The molecule has 2 unspecified atom stereocenters. The fourth-order valence-electron chi connectivity index (χ4n) is 2.36. The fourth-order valence-corrected chi connectivity index (χ4v) is 2.51. The molecule has 0 aromatic heterocycles. The van der Waals surface area contributed by atoms with Crippen LogP contribution in [0.3, 0.4) is 0 Å². The Labute approximate surface area is 123 Å². The van der Waals surface area contributed by atoms with Crippen molar-refractivity contribution < 1.29 is 19.1 Å². The molecule has 1 saturated heterocycles. The van der Waals surface area contributed by atoms with Gasteiger partial charge < -0.3 is 14.2 Å². The van der Waals surface area contributed by atoms with Gasteiger partial charge in [0.1, 0.15) is 6.10 Å². The third-order valence-corrected chi connectivity index (χ3v) is 3.71. The number of ether oxygens (including phenoxy) is 2. The number of amides is 1. The van der Waals surface area contributed by atoms with Crippen LogP contribution in [0.4, 0.5) is 0 Å². The van der Waals surface area contributed by atoms with Crippen LogP contribution in [0, 0.1) is 0 Å². The third kappa shape index (κ3) is 3.32. The summed E-state index contributed by atoms with van der Waals surface area (Å²) >= 11 is 3.76. The quantitative estimate of drug-likeness (QED) is 0.658. The number of carbonyl (C=O) groups excluding carboxylic acids is 2. The summed E-state index contributed by atoms with van der Waals surface area (Å²) in [5, 5.41) is 0. The van der Waals surface area contributed by atoms with Gasteiger partial charge in [-0.1, -0.05) is 24.9 Å². The van der Waals surface area contributed by atoms with Crippen molar-refractivity contribution in [2.24, 2.45) is 0 Å². The maximum atomic E-state index is 11.6. The van der Waals surface area contributed by atoms with E-state index in [9.17, 15) is 9.59 Å². The molecule has 2 atom stereocenters. The second-order valence-electron chi connectivity index (χ2n) is 4.67. The summed E-state index contributed by atoms with van der Waals surface area (Å²) in [4.78, 5) is 22.9. The molecule has 1 N–H and O–H groups in total. The first-order valence-corrected chi connectivity index (χ1v) is 6.84. The zero-order chi connectivity index (χ0) is 14.5. The molecule has 1 fully saturated rings. The van der Waals surface area contributed by atoms with Crippen LogP contribution in [0.25, 0.3) is 0 Å². The van der Waals surface area contributed by atoms with Crippen LogP contribution in [-0.2, 0) is 14.3 Å². The van der Waals surface area contributed by atoms with Gasteiger partial charge in [0.15, 0.2) is 0 Å². The van der Waals surface area contributed by atoms with Gasteiger partial charge in [-0.05, 0) is 36.5 Å². The predicted molar refractivity (Wildman–Crippen MR) is 76.6 cm³/mol. The van der Waals surface area contributed by atoms with E-state index in [1.807, 2.05) is 12.1 Å². The predicted octanol–water partition coefficient (Wildman–Crippen LogP) is 1.70. The first-order chi connectivity index (χ1) is 9.65. The maximum absolute atomic E-state index is 11.6. The van der Waals surface area contributed by atoms with Crippen molar-refractivity contribution in [2.45, 2.75) is 24.9 Å². The molecule has 0 spiro atoms. The van der Waals surface area contributed by atoms with Crippen molar-refractivity contribution >= 4 is 24.7 Å². The molecular weight excluding hydrogens is 278 g/mol. The molecule has 0 bridgehead atoms. The maximum Gasteiger partial charge on any atom is 0.337 e. The zero-order valence-corrected chi connectivity index (χ0v) is 12.1. The molecule has 0 aliphatic carbocycles. The molecule has 1 aromatic rings. The van der Waals surface area contributed by atoms with Crippen LogP contribution in [0.2, 0.25) is 0 Å². The summed E-state index contributed by atoms with van der Waals surface area (Å²) in [6.07, 6.45) is 1.00. The Kier molecular flexibility index (Phi) is 5.03. The van der Waals surface area contributed by atoms with Gasteiger partial charge in [-0.15, -0.1) is 0 Å². The summed E-state index contributed by atoms with van der Waals surface area (Å²) in [6.45, 7) is 0.537. The number of thiol groups is 1. The number of benzene rings is 1. The van der Waals surface area contributed by atoms with E-state index in [0.717, 1.165) is 12.0 Å². The lowest BCUT2D eigenvalue weighted by molar-refractivity contribution is -0.134. The molecule has 6 heteroatoms. The van der Waals surface area contributed by atoms with Crippen LogP contribution in [0.1, 0.15) is 34.7 Å². The normalized spacial score (nSPS) is 22.1. The molecule has 1 aromatic carbocycles. The van der Waals surface area contributed by atoms with E-state index >= 15 is 0 Å². The van der Waals surface area contributed by atoms with Crippen molar-refractivity contribution in [3.8, 4) is 0 Å². The van der Waals surface area contributed by atoms with Gasteiger partial charge in [-0.25, -0.2) is 4.79 Å². The first kappa shape index (κ1) is 14.9. The number of rotatable bonds is 3. The van der Waals surface area contributed by atoms with Crippen LogP contribution in [0.5, 0.6) is 0 Å². The number of hydrogen-bond donors (Lipinski definition) is 2. The van der Waals surface area contributed by atoms with E-state index in [2.05, 4.69) is 22.3 Å². The number of hydrogen-bond acceptors (Lipinski definition) is 5. The third-order valence-electron chi connectivity index (χ3n) is 3.49. The standard InChI is InChI=1S/C14H17NO4S/c1-18-14(17)10-4-2-9(3-5-10)11-6-7-19-12(8-11)13(16)15-20/h2-5,11-12,20H,6-8H2,1H3,(H,15,16).